The summed E-state index contributed by atoms with van der Waals surface area (Å²) in [7, 11) is 1.63. The second kappa shape index (κ2) is 9.04. The third kappa shape index (κ3) is 4.50. The number of methoxy groups -OCH3 is 1. The van der Waals surface area contributed by atoms with Crippen molar-refractivity contribution >= 4 is 23.2 Å². The smallest absolute Gasteiger partial charge is 0.226 e. The Morgan fingerprint density at radius 3 is 2.70 bits per heavy atom. The molecule has 2 atom stereocenters. The number of benzene rings is 1. The minimum atomic E-state index is -0.372. The summed E-state index contributed by atoms with van der Waals surface area (Å²) in [6, 6.07) is 11.4. The SMILES string of the molecule is CCCCN1C(=O)CC(C(=O)NCc2cccs2)C1c1ccc(OC)cc1. The summed E-state index contributed by atoms with van der Waals surface area (Å²) in [6.45, 7) is 3.29. The van der Waals surface area contributed by atoms with Crippen LogP contribution in [-0.2, 0) is 16.1 Å². The van der Waals surface area contributed by atoms with Gasteiger partial charge >= 0.3 is 0 Å². The van der Waals surface area contributed by atoms with Crippen LogP contribution in [0.3, 0.4) is 0 Å². The van der Waals surface area contributed by atoms with Crippen LogP contribution >= 0.6 is 11.3 Å². The minimum absolute atomic E-state index is 0.0561. The number of hydrogen-bond donors (Lipinski definition) is 1. The lowest BCUT2D eigenvalue weighted by molar-refractivity contribution is -0.129. The standard InChI is InChI=1S/C21H26N2O3S/c1-3-4-11-23-19(24)13-18(21(25)22-14-17-6-5-12-27-17)20(23)15-7-9-16(26-2)10-8-15/h5-10,12,18,20H,3-4,11,13-14H2,1-2H3,(H,22,25). The average Bonchev–Trinajstić information content (AvgIpc) is 3.32. The number of likely N-dealkylation sites (tertiary alicyclic amines) is 1. The number of unbranched alkanes of at least 4 members (excludes halogenated alkanes) is 1. The Hall–Kier alpha value is -2.34. The average molecular weight is 387 g/mol. The summed E-state index contributed by atoms with van der Waals surface area (Å²) in [5, 5.41) is 5.01. The first kappa shape index (κ1) is 19.4. The van der Waals surface area contributed by atoms with Crippen molar-refractivity contribution in [2.45, 2.75) is 38.8 Å². The van der Waals surface area contributed by atoms with Gasteiger partial charge < -0.3 is 15.0 Å². The van der Waals surface area contributed by atoms with Crippen LogP contribution in [0.15, 0.2) is 41.8 Å². The van der Waals surface area contributed by atoms with E-state index in [1.54, 1.807) is 18.4 Å². The lowest BCUT2D eigenvalue weighted by Crippen LogP contribution is -2.35. The number of nitrogens with zero attached hydrogens (tertiary/aromatic N) is 1. The van der Waals surface area contributed by atoms with E-state index in [-0.39, 0.29) is 30.2 Å². The number of ether oxygens (including phenoxy) is 1. The highest BCUT2D eigenvalue weighted by Crippen LogP contribution is 2.39. The van der Waals surface area contributed by atoms with E-state index < -0.39 is 0 Å². The molecule has 2 unspecified atom stereocenters. The molecule has 2 amide bonds. The number of thiophene rings is 1. The van der Waals surface area contributed by atoms with Crippen molar-refractivity contribution in [1.29, 1.82) is 0 Å². The molecular formula is C21H26N2O3S. The van der Waals surface area contributed by atoms with Crippen LogP contribution in [-0.4, -0.2) is 30.4 Å². The van der Waals surface area contributed by atoms with E-state index in [0.717, 1.165) is 29.0 Å². The first-order valence-electron chi connectivity index (χ1n) is 9.37. The van der Waals surface area contributed by atoms with Gasteiger partial charge in [-0.05, 0) is 35.6 Å². The summed E-state index contributed by atoms with van der Waals surface area (Å²) in [4.78, 5) is 28.5. The Bertz CT molecular complexity index is 758. The lowest BCUT2D eigenvalue weighted by Gasteiger charge is -2.28. The normalized spacial score (nSPS) is 19.3. The van der Waals surface area contributed by atoms with Gasteiger partial charge in [0.05, 0.1) is 25.6 Å². The molecule has 0 saturated carbocycles. The summed E-state index contributed by atoms with van der Waals surface area (Å²) in [5.74, 6) is 0.390. The van der Waals surface area contributed by atoms with Crippen LogP contribution in [0.2, 0.25) is 0 Å². The van der Waals surface area contributed by atoms with Crippen molar-refractivity contribution in [3.05, 3.63) is 52.2 Å². The molecule has 0 aliphatic carbocycles. The van der Waals surface area contributed by atoms with Crippen molar-refractivity contribution in [2.24, 2.45) is 5.92 Å². The van der Waals surface area contributed by atoms with E-state index in [4.69, 9.17) is 4.74 Å². The highest BCUT2D eigenvalue weighted by atomic mass is 32.1. The van der Waals surface area contributed by atoms with Crippen LogP contribution in [0.4, 0.5) is 0 Å². The fourth-order valence-corrected chi connectivity index (χ4v) is 4.19. The molecule has 0 spiro atoms. The Kier molecular flexibility index (Phi) is 6.50. The van der Waals surface area contributed by atoms with E-state index in [9.17, 15) is 9.59 Å². The Balaban J connectivity index is 1.80. The molecule has 2 aromatic rings. The van der Waals surface area contributed by atoms with Gasteiger partial charge in [0, 0.05) is 17.8 Å². The molecule has 5 nitrogen and oxygen atoms in total. The number of rotatable bonds is 8. The zero-order valence-corrected chi connectivity index (χ0v) is 16.6. The number of carbonyl (C=O) groups excluding carboxylic acids is 2. The lowest BCUT2D eigenvalue weighted by atomic mass is 9.92. The summed E-state index contributed by atoms with van der Waals surface area (Å²) in [5.41, 5.74) is 0.981. The molecule has 27 heavy (non-hydrogen) atoms. The first-order chi connectivity index (χ1) is 13.1. The summed E-state index contributed by atoms with van der Waals surface area (Å²) < 4.78 is 5.24. The topological polar surface area (TPSA) is 58.6 Å². The van der Waals surface area contributed by atoms with Gasteiger partial charge in [-0.15, -0.1) is 11.3 Å². The Labute approximate surface area is 164 Å². The predicted octanol–water partition coefficient (Wildman–Crippen LogP) is 3.76. The molecule has 3 rings (SSSR count). The zero-order valence-electron chi connectivity index (χ0n) is 15.8. The van der Waals surface area contributed by atoms with E-state index >= 15 is 0 Å². The van der Waals surface area contributed by atoms with Crippen molar-refractivity contribution in [2.75, 3.05) is 13.7 Å². The second-order valence-corrected chi connectivity index (χ2v) is 7.80. The van der Waals surface area contributed by atoms with E-state index in [1.807, 2.05) is 46.7 Å². The van der Waals surface area contributed by atoms with Crippen molar-refractivity contribution in [1.82, 2.24) is 10.2 Å². The Morgan fingerprint density at radius 2 is 2.07 bits per heavy atom. The van der Waals surface area contributed by atoms with Gasteiger partial charge in [0.25, 0.3) is 0 Å². The van der Waals surface area contributed by atoms with Crippen LogP contribution in [0.5, 0.6) is 5.75 Å². The maximum atomic E-state index is 12.9. The number of hydrogen-bond acceptors (Lipinski definition) is 4. The quantitative estimate of drug-likeness (QED) is 0.751. The minimum Gasteiger partial charge on any atom is -0.497 e. The maximum Gasteiger partial charge on any atom is 0.226 e. The van der Waals surface area contributed by atoms with Crippen molar-refractivity contribution in [3.63, 3.8) is 0 Å². The maximum absolute atomic E-state index is 12.9. The van der Waals surface area contributed by atoms with Gasteiger partial charge in [0.2, 0.25) is 11.8 Å². The largest absolute Gasteiger partial charge is 0.497 e. The number of carbonyl (C=O) groups is 2. The third-order valence-corrected chi connectivity index (χ3v) is 5.87. The second-order valence-electron chi connectivity index (χ2n) is 6.77. The summed E-state index contributed by atoms with van der Waals surface area (Å²) in [6.07, 6.45) is 2.20. The molecule has 1 fully saturated rings. The zero-order chi connectivity index (χ0) is 19.2. The van der Waals surface area contributed by atoms with Gasteiger partial charge in [-0.3, -0.25) is 9.59 Å². The van der Waals surface area contributed by atoms with Gasteiger partial charge in [-0.1, -0.05) is 31.5 Å². The molecule has 0 bridgehead atoms. The van der Waals surface area contributed by atoms with Gasteiger partial charge in [-0.25, -0.2) is 0 Å². The van der Waals surface area contributed by atoms with E-state index in [1.165, 1.54) is 0 Å². The molecule has 1 aliphatic heterocycles. The predicted molar refractivity (Wildman–Crippen MR) is 107 cm³/mol. The van der Waals surface area contributed by atoms with Crippen LogP contribution in [0.1, 0.15) is 42.7 Å². The van der Waals surface area contributed by atoms with Crippen LogP contribution in [0, 0.1) is 5.92 Å². The van der Waals surface area contributed by atoms with E-state index in [2.05, 4.69) is 12.2 Å². The highest BCUT2D eigenvalue weighted by Gasteiger charge is 2.44. The van der Waals surface area contributed by atoms with Crippen molar-refractivity contribution in [3.8, 4) is 5.75 Å². The molecule has 6 heteroatoms. The highest BCUT2D eigenvalue weighted by molar-refractivity contribution is 7.09. The Morgan fingerprint density at radius 1 is 1.30 bits per heavy atom. The molecule has 1 aromatic carbocycles. The number of nitrogens with one attached hydrogen (secondary N) is 1. The van der Waals surface area contributed by atoms with Gasteiger partial charge in [-0.2, -0.15) is 0 Å². The molecular weight excluding hydrogens is 360 g/mol. The monoisotopic (exact) mass is 386 g/mol. The first-order valence-corrected chi connectivity index (χ1v) is 10.3. The van der Waals surface area contributed by atoms with Gasteiger partial charge in [0.15, 0.2) is 0 Å². The molecule has 0 radical (unpaired) electrons. The molecule has 1 aromatic heterocycles. The molecule has 144 valence electrons. The van der Waals surface area contributed by atoms with E-state index in [0.29, 0.717) is 13.1 Å². The molecule has 1 saturated heterocycles. The molecule has 2 heterocycles. The summed E-state index contributed by atoms with van der Waals surface area (Å²) >= 11 is 1.61. The van der Waals surface area contributed by atoms with Crippen LogP contribution < -0.4 is 10.1 Å². The van der Waals surface area contributed by atoms with Crippen molar-refractivity contribution < 1.29 is 14.3 Å². The fourth-order valence-electron chi connectivity index (χ4n) is 3.55. The fraction of sp³-hybridized carbons (Fsp3) is 0.429. The number of amides is 2. The van der Waals surface area contributed by atoms with Crippen LogP contribution in [0.25, 0.3) is 0 Å². The molecule has 1 aliphatic rings. The third-order valence-electron chi connectivity index (χ3n) is 5.00. The van der Waals surface area contributed by atoms with Gasteiger partial charge in [0.1, 0.15) is 5.75 Å². The molecule has 1 N–H and O–H groups in total.